The molecule has 1 aromatic rings. The van der Waals surface area contributed by atoms with E-state index >= 15 is 0 Å². The van der Waals surface area contributed by atoms with E-state index in [9.17, 15) is 4.39 Å². The average molecular weight is 298 g/mol. The smallest absolute Gasteiger partial charge is 0.173 e. The van der Waals surface area contributed by atoms with E-state index in [1.165, 1.54) is 6.07 Å². The first-order valence-electron chi connectivity index (χ1n) is 6.74. The second-order valence-electron chi connectivity index (χ2n) is 4.86. The Morgan fingerprint density at radius 3 is 2.86 bits per heavy atom. The maximum absolute atomic E-state index is 14.1. The summed E-state index contributed by atoms with van der Waals surface area (Å²) in [4.78, 5) is 2.04. The second kappa shape index (κ2) is 9.28. The Morgan fingerprint density at radius 1 is 1.43 bits per heavy atom. The van der Waals surface area contributed by atoms with Gasteiger partial charge in [-0.1, -0.05) is 17.3 Å². The number of amidine groups is 1. The van der Waals surface area contributed by atoms with Gasteiger partial charge in [0.15, 0.2) is 5.84 Å². The molecule has 0 amide bonds. The number of likely N-dealkylation sites (N-methyl/N-ethyl adjacent to an activating group) is 1. The van der Waals surface area contributed by atoms with Crippen molar-refractivity contribution in [3.8, 4) is 0 Å². The van der Waals surface area contributed by atoms with Crippen molar-refractivity contribution in [3.63, 3.8) is 0 Å². The molecular formula is C14H23FN4O2. The van der Waals surface area contributed by atoms with Crippen molar-refractivity contribution < 1.29 is 14.3 Å². The highest BCUT2D eigenvalue weighted by Crippen LogP contribution is 2.12. The quantitative estimate of drug-likeness (QED) is 0.204. The number of oxime groups is 1. The zero-order valence-corrected chi connectivity index (χ0v) is 12.5. The van der Waals surface area contributed by atoms with Gasteiger partial charge in [0.25, 0.3) is 0 Å². The van der Waals surface area contributed by atoms with Crippen molar-refractivity contribution in [3.05, 3.63) is 35.1 Å². The van der Waals surface area contributed by atoms with Crippen molar-refractivity contribution in [2.24, 2.45) is 10.9 Å². The van der Waals surface area contributed by atoms with Crippen LogP contribution in [0.1, 0.15) is 11.1 Å². The third-order valence-corrected chi connectivity index (χ3v) is 2.88. The molecule has 0 heterocycles. The van der Waals surface area contributed by atoms with Crippen LogP contribution in [0.5, 0.6) is 0 Å². The lowest BCUT2D eigenvalue weighted by Crippen LogP contribution is -2.24. The SMILES string of the molecule is CN(C)CCOCCNCc1cccc(/C(N)=N/O)c1F. The fourth-order valence-corrected chi connectivity index (χ4v) is 1.68. The first-order chi connectivity index (χ1) is 10.1. The van der Waals surface area contributed by atoms with Gasteiger partial charge in [-0.3, -0.25) is 0 Å². The molecule has 4 N–H and O–H groups in total. The minimum Gasteiger partial charge on any atom is -0.409 e. The molecule has 0 fully saturated rings. The number of nitrogens with zero attached hydrogens (tertiary/aromatic N) is 2. The highest BCUT2D eigenvalue weighted by Gasteiger charge is 2.10. The minimum atomic E-state index is -0.478. The lowest BCUT2D eigenvalue weighted by Gasteiger charge is -2.11. The standard InChI is InChI=1S/C14H23FN4O2/c1-19(2)7-9-21-8-6-17-10-11-4-3-5-12(13(11)15)14(16)18-20/h3-5,17,20H,6-10H2,1-2H3,(H2,16,18). The summed E-state index contributed by atoms with van der Waals surface area (Å²) < 4.78 is 19.5. The number of benzene rings is 1. The topological polar surface area (TPSA) is 83.1 Å². The van der Waals surface area contributed by atoms with Crippen LogP contribution in [-0.4, -0.2) is 56.3 Å². The van der Waals surface area contributed by atoms with Crippen molar-refractivity contribution in [2.75, 3.05) is 40.4 Å². The maximum atomic E-state index is 14.1. The molecule has 1 rings (SSSR count). The van der Waals surface area contributed by atoms with Gasteiger partial charge in [-0.05, 0) is 20.2 Å². The van der Waals surface area contributed by atoms with Gasteiger partial charge in [-0.15, -0.1) is 0 Å². The molecule has 0 atom stereocenters. The van der Waals surface area contributed by atoms with E-state index in [2.05, 4.69) is 10.5 Å². The van der Waals surface area contributed by atoms with Gasteiger partial charge in [-0.2, -0.15) is 0 Å². The van der Waals surface area contributed by atoms with Crippen molar-refractivity contribution in [1.29, 1.82) is 0 Å². The zero-order valence-electron chi connectivity index (χ0n) is 12.5. The molecule has 1 aromatic carbocycles. The molecule has 0 bridgehead atoms. The lowest BCUT2D eigenvalue weighted by molar-refractivity contribution is 0.119. The van der Waals surface area contributed by atoms with Gasteiger partial charge in [0.1, 0.15) is 5.82 Å². The minimum absolute atomic E-state index is 0.0963. The van der Waals surface area contributed by atoms with E-state index in [0.29, 0.717) is 31.9 Å². The van der Waals surface area contributed by atoms with Gasteiger partial charge in [-0.25, -0.2) is 4.39 Å². The van der Waals surface area contributed by atoms with Crippen LogP contribution in [0.3, 0.4) is 0 Å². The summed E-state index contributed by atoms with van der Waals surface area (Å²) in [6.45, 7) is 3.09. The number of nitrogens with two attached hydrogens (primary N) is 1. The van der Waals surface area contributed by atoms with Gasteiger partial charge < -0.3 is 25.9 Å². The molecule has 0 unspecified atom stereocenters. The Labute approximate surface area is 124 Å². The van der Waals surface area contributed by atoms with E-state index in [1.807, 2.05) is 19.0 Å². The molecule has 0 saturated carbocycles. The summed E-state index contributed by atoms with van der Waals surface area (Å²) in [5.41, 5.74) is 5.98. The number of ether oxygens (including phenoxy) is 1. The molecule has 0 aliphatic rings. The highest BCUT2D eigenvalue weighted by atomic mass is 19.1. The molecule has 0 aromatic heterocycles. The van der Waals surface area contributed by atoms with Gasteiger partial charge in [0, 0.05) is 25.2 Å². The van der Waals surface area contributed by atoms with Crippen LogP contribution >= 0.6 is 0 Å². The summed E-state index contributed by atoms with van der Waals surface area (Å²) in [6.07, 6.45) is 0. The first-order valence-corrected chi connectivity index (χ1v) is 6.74. The summed E-state index contributed by atoms with van der Waals surface area (Å²) in [6, 6.07) is 4.79. The Balaban J connectivity index is 2.36. The molecule has 0 radical (unpaired) electrons. The van der Waals surface area contributed by atoms with E-state index in [0.717, 1.165) is 6.54 Å². The van der Waals surface area contributed by atoms with Crippen LogP contribution in [0.25, 0.3) is 0 Å². The maximum Gasteiger partial charge on any atom is 0.173 e. The van der Waals surface area contributed by atoms with Crippen LogP contribution in [0.2, 0.25) is 0 Å². The van der Waals surface area contributed by atoms with E-state index < -0.39 is 5.82 Å². The zero-order chi connectivity index (χ0) is 15.7. The number of hydrogen-bond acceptors (Lipinski definition) is 5. The van der Waals surface area contributed by atoms with Gasteiger partial charge >= 0.3 is 0 Å². The highest BCUT2D eigenvalue weighted by molar-refractivity contribution is 5.97. The third kappa shape index (κ3) is 6.07. The van der Waals surface area contributed by atoms with Crippen LogP contribution in [0.4, 0.5) is 4.39 Å². The average Bonchev–Trinajstić information content (AvgIpc) is 2.46. The van der Waals surface area contributed by atoms with Crippen molar-refractivity contribution in [2.45, 2.75) is 6.54 Å². The molecule has 0 saturated heterocycles. The number of hydrogen-bond donors (Lipinski definition) is 3. The predicted molar refractivity (Wildman–Crippen MR) is 80.0 cm³/mol. The number of nitrogens with one attached hydrogen (secondary N) is 1. The molecule has 0 spiro atoms. The summed E-state index contributed by atoms with van der Waals surface area (Å²) >= 11 is 0. The van der Waals surface area contributed by atoms with Crippen molar-refractivity contribution >= 4 is 5.84 Å². The fourth-order valence-electron chi connectivity index (χ4n) is 1.68. The van der Waals surface area contributed by atoms with E-state index in [4.69, 9.17) is 15.7 Å². The summed E-state index contributed by atoms with van der Waals surface area (Å²) in [5, 5.41) is 14.5. The van der Waals surface area contributed by atoms with Gasteiger partial charge in [0.2, 0.25) is 0 Å². The van der Waals surface area contributed by atoms with Crippen LogP contribution < -0.4 is 11.1 Å². The molecule has 118 valence electrons. The molecule has 21 heavy (non-hydrogen) atoms. The van der Waals surface area contributed by atoms with Crippen LogP contribution in [-0.2, 0) is 11.3 Å². The molecule has 0 aliphatic carbocycles. The fraction of sp³-hybridized carbons (Fsp3) is 0.500. The normalized spacial score (nSPS) is 12.1. The van der Waals surface area contributed by atoms with Crippen LogP contribution in [0.15, 0.2) is 23.4 Å². The summed E-state index contributed by atoms with van der Waals surface area (Å²) in [7, 11) is 3.97. The first kappa shape index (κ1) is 17.4. The number of halogens is 1. The molecular weight excluding hydrogens is 275 g/mol. The van der Waals surface area contributed by atoms with Crippen molar-refractivity contribution in [1.82, 2.24) is 10.2 Å². The Bertz CT molecular complexity index is 466. The molecule has 6 nitrogen and oxygen atoms in total. The third-order valence-electron chi connectivity index (χ3n) is 2.88. The largest absolute Gasteiger partial charge is 0.409 e. The second-order valence-corrected chi connectivity index (χ2v) is 4.86. The van der Waals surface area contributed by atoms with Crippen LogP contribution in [0, 0.1) is 5.82 Å². The lowest BCUT2D eigenvalue weighted by atomic mass is 10.1. The Hall–Kier alpha value is -1.70. The van der Waals surface area contributed by atoms with Gasteiger partial charge in [0.05, 0.1) is 18.8 Å². The Morgan fingerprint density at radius 2 is 2.19 bits per heavy atom. The summed E-state index contributed by atoms with van der Waals surface area (Å²) in [5.74, 6) is -0.713. The monoisotopic (exact) mass is 298 g/mol. The molecule has 0 aliphatic heterocycles. The predicted octanol–water partition coefficient (Wildman–Crippen LogP) is 0.588. The molecule has 7 heteroatoms. The Kier molecular flexibility index (Phi) is 7.66. The van der Waals surface area contributed by atoms with E-state index in [-0.39, 0.29) is 11.4 Å². The van der Waals surface area contributed by atoms with E-state index in [1.54, 1.807) is 12.1 Å². The number of rotatable bonds is 9.